The number of benzene rings is 5. The lowest BCUT2D eigenvalue weighted by molar-refractivity contribution is 0.0696. The predicted molar refractivity (Wildman–Crippen MR) is 163 cm³/mol. The molecule has 218 valence electrons. The van der Waals surface area contributed by atoms with E-state index in [1.54, 1.807) is 97.1 Å². The fourth-order valence-corrected chi connectivity index (χ4v) is 3.67. The van der Waals surface area contributed by atoms with Gasteiger partial charge in [0, 0.05) is 22.3 Å². The Morgan fingerprint density at radius 2 is 0.500 bits per heavy atom. The van der Waals surface area contributed by atoms with Gasteiger partial charge in [0.2, 0.25) is 23.1 Å². The quantitative estimate of drug-likeness (QED) is 0.153. The van der Waals surface area contributed by atoms with E-state index in [-0.39, 0.29) is 11.1 Å². The van der Waals surface area contributed by atoms with Crippen LogP contribution >= 0.6 is 0 Å². The molecule has 0 radical (unpaired) electrons. The van der Waals surface area contributed by atoms with E-state index in [9.17, 15) is 28.8 Å². The number of hydrogen-bond acceptors (Lipinski definition) is 6. The van der Waals surface area contributed by atoms with E-state index in [1.165, 1.54) is 18.2 Å². The lowest BCUT2D eigenvalue weighted by Gasteiger charge is -1.99. The van der Waals surface area contributed by atoms with Crippen LogP contribution in [0.25, 0.3) is 0 Å². The van der Waals surface area contributed by atoms with Crippen LogP contribution in [0.1, 0.15) is 62.1 Å². The second-order valence-electron chi connectivity index (χ2n) is 8.97. The number of carbonyl (C=O) groups is 6. The summed E-state index contributed by atoms with van der Waals surface area (Å²) in [6, 6.07) is 39.5. The van der Waals surface area contributed by atoms with E-state index >= 15 is 0 Å². The molecule has 0 aliphatic heterocycles. The highest BCUT2D eigenvalue weighted by Gasteiger charge is 2.18. The smallest absolute Gasteiger partial charge is 0.335 e. The van der Waals surface area contributed by atoms with Crippen molar-refractivity contribution < 1.29 is 39.0 Å². The van der Waals surface area contributed by atoms with Crippen LogP contribution in [0.5, 0.6) is 0 Å². The number of carbonyl (C=O) groups excluding carboxylic acids is 4. The molecule has 0 spiro atoms. The molecule has 0 atom stereocenters. The Labute approximate surface area is 252 Å². The molecule has 5 aromatic rings. The van der Waals surface area contributed by atoms with Crippen LogP contribution in [0, 0.1) is 0 Å². The molecule has 0 amide bonds. The Morgan fingerprint density at radius 1 is 0.295 bits per heavy atom. The van der Waals surface area contributed by atoms with Crippen LogP contribution in [-0.2, 0) is 0 Å². The highest BCUT2D eigenvalue weighted by atomic mass is 16.4. The second kappa shape index (κ2) is 16.2. The highest BCUT2D eigenvalue weighted by Crippen LogP contribution is 2.09. The number of rotatable bonds is 8. The number of carboxylic acid groups (broad SMARTS) is 2. The van der Waals surface area contributed by atoms with Crippen molar-refractivity contribution in [3.05, 3.63) is 179 Å². The first-order chi connectivity index (χ1) is 21.2. The van der Waals surface area contributed by atoms with Gasteiger partial charge in [-0.05, 0) is 18.2 Å². The molecular formula is C36H26O8. The average Bonchev–Trinajstić information content (AvgIpc) is 3.09. The van der Waals surface area contributed by atoms with Crippen molar-refractivity contribution >= 4 is 35.1 Å². The van der Waals surface area contributed by atoms with Gasteiger partial charge < -0.3 is 10.2 Å². The van der Waals surface area contributed by atoms with Gasteiger partial charge in [-0.3, -0.25) is 19.2 Å². The highest BCUT2D eigenvalue weighted by molar-refractivity contribution is 6.49. The number of Topliss-reactive ketones (excluding diaryl/α,β-unsaturated/α-hetero) is 4. The standard InChI is InChI=1S/2C14H10O2.C8H6O4/c2*15-13(11-7-3-1-4-8-11)14(16)12-9-5-2-6-10-12;9-7(10)5-2-1-3-6(4-5)8(11)12/h2*1-10H;1-4H,(H,9,10)(H,11,12). The third-order valence-electron chi connectivity index (χ3n) is 5.91. The van der Waals surface area contributed by atoms with Crippen molar-refractivity contribution in [3.63, 3.8) is 0 Å². The Kier molecular flexibility index (Phi) is 11.9. The maximum Gasteiger partial charge on any atom is 0.335 e. The van der Waals surface area contributed by atoms with Gasteiger partial charge in [-0.2, -0.15) is 0 Å². The third kappa shape index (κ3) is 9.39. The number of aromatic carboxylic acids is 2. The van der Waals surface area contributed by atoms with Crippen LogP contribution in [0.4, 0.5) is 0 Å². The molecule has 5 rings (SSSR count). The molecule has 44 heavy (non-hydrogen) atoms. The van der Waals surface area contributed by atoms with Crippen molar-refractivity contribution in [2.45, 2.75) is 0 Å². The fourth-order valence-electron chi connectivity index (χ4n) is 3.67. The van der Waals surface area contributed by atoms with Crippen LogP contribution in [0.2, 0.25) is 0 Å². The topological polar surface area (TPSA) is 143 Å². The molecule has 0 bridgehead atoms. The van der Waals surface area contributed by atoms with Gasteiger partial charge in [0.1, 0.15) is 0 Å². The van der Waals surface area contributed by atoms with E-state index in [1.807, 2.05) is 24.3 Å². The minimum Gasteiger partial charge on any atom is -0.478 e. The second-order valence-corrected chi connectivity index (χ2v) is 8.97. The summed E-state index contributed by atoms with van der Waals surface area (Å²) >= 11 is 0. The summed E-state index contributed by atoms with van der Waals surface area (Å²) in [6.45, 7) is 0. The Bertz CT molecular complexity index is 1520. The summed E-state index contributed by atoms with van der Waals surface area (Å²) < 4.78 is 0. The predicted octanol–water partition coefficient (Wildman–Crippen LogP) is 6.59. The molecule has 0 aromatic heterocycles. The third-order valence-corrected chi connectivity index (χ3v) is 5.91. The Hall–Kier alpha value is -6.28. The van der Waals surface area contributed by atoms with E-state index in [0.29, 0.717) is 22.3 Å². The summed E-state index contributed by atoms with van der Waals surface area (Å²) in [5, 5.41) is 17.0. The van der Waals surface area contributed by atoms with E-state index in [0.717, 1.165) is 6.07 Å². The van der Waals surface area contributed by atoms with Crippen LogP contribution in [0.15, 0.2) is 146 Å². The lowest BCUT2D eigenvalue weighted by atomic mass is 10.0. The van der Waals surface area contributed by atoms with Crippen molar-refractivity contribution in [2.24, 2.45) is 0 Å². The first-order valence-electron chi connectivity index (χ1n) is 13.1. The molecule has 0 aliphatic carbocycles. The van der Waals surface area contributed by atoms with Gasteiger partial charge in [-0.15, -0.1) is 0 Å². The molecule has 0 unspecified atom stereocenters. The van der Waals surface area contributed by atoms with Crippen molar-refractivity contribution in [3.8, 4) is 0 Å². The zero-order chi connectivity index (χ0) is 31.9. The zero-order valence-corrected chi connectivity index (χ0v) is 23.2. The van der Waals surface area contributed by atoms with Crippen LogP contribution in [-0.4, -0.2) is 45.3 Å². The minimum absolute atomic E-state index is 0.0186. The Morgan fingerprint density at radius 3 is 0.705 bits per heavy atom. The first kappa shape index (κ1) is 32.2. The average molecular weight is 587 g/mol. The molecule has 0 saturated heterocycles. The maximum absolute atomic E-state index is 11.8. The molecule has 0 heterocycles. The van der Waals surface area contributed by atoms with E-state index < -0.39 is 35.1 Å². The van der Waals surface area contributed by atoms with Crippen LogP contribution < -0.4 is 0 Å². The van der Waals surface area contributed by atoms with Crippen molar-refractivity contribution in [2.75, 3.05) is 0 Å². The van der Waals surface area contributed by atoms with Gasteiger partial charge in [-0.1, -0.05) is 127 Å². The molecular weight excluding hydrogens is 560 g/mol. The van der Waals surface area contributed by atoms with Gasteiger partial charge in [0.05, 0.1) is 11.1 Å². The molecule has 0 fully saturated rings. The maximum atomic E-state index is 11.8. The summed E-state index contributed by atoms with van der Waals surface area (Å²) in [7, 11) is 0. The monoisotopic (exact) mass is 586 g/mol. The Balaban J connectivity index is 0.000000183. The molecule has 0 saturated carbocycles. The number of carboxylic acids is 2. The number of ketones is 4. The minimum atomic E-state index is -1.13. The first-order valence-corrected chi connectivity index (χ1v) is 13.1. The molecule has 2 N–H and O–H groups in total. The van der Waals surface area contributed by atoms with Gasteiger partial charge in [0.15, 0.2) is 0 Å². The van der Waals surface area contributed by atoms with Crippen LogP contribution in [0.3, 0.4) is 0 Å². The molecule has 5 aromatic carbocycles. The number of hydrogen-bond donors (Lipinski definition) is 2. The van der Waals surface area contributed by atoms with Gasteiger partial charge >= 0.3 is 11.9 Å². The summed E-state index contributed by atoms with van der Waals surface area (Å²) in [4.78, 5) is 67.9. The SMILES string of the molecule is O=C(C(=O)c1ccccc1)c1ccccc1.O=C(C(=O)c1ccccc1)c1ccccc1.O=C(O)c1cccc(C(=O)O)c1. The van der Waals surface area contributed by atoms with E-state index in [4.69, 9.17) is 10.2 Å². The lowest BCUT2D eigenvalue weighted by Crippen LogP contribution is -2.14. The largest absolute Gasteiger partial charge is 0.478 e. The summed E-state index contributed by atoms with van der Waals surface area (Å²) in [5.74, 6) is -4.12. The normalized spacial score (nSPS) is 9.64. The van der Waals surface area contributed by atoms with Crippen molar-refractivity contribution in [1.82, 2.24) is 0 Å². The molecule has 0 aliphatic rings. The zero-order valence-electron chi connectivity index (χ0n) is 23.2. The van der Waals surface area contributed by atoms with Crippen molar-refractivity contribution in [1.29, 1.82) is 0 Å². The van der Waals surface area contributed by atoms with E-state index in [2.05, 4.69) is 0 Å². The molecule has 8 nitrogen and oxygen atoms in total. The summed E-state index contributed by atoms with van der Waals surface area (Å²) in [5.41, 5.74) is 1.67. The van der Waals surface area contributed by atoms with Gasteiger partial charge in [-0.25, -0.2) is 9.59 Å². The molecule has 8 heteroatoms. The van der Waals surface area contributed by atoms with Gasteiger partial charge in [0.25, 0.3) is 0 Å². The summed E-state index contributed by atoms with van der Waals surface area (Å²) in [6.07, 6.45) is 0. The fraction of sp³-hybridized carbons (Fsp3) is 0.